The lowest BCUT2D eigenvalue weighted by Gasteiger charge is -2.12. The maximum atomic E-state index is 12.6. The third-order valence-corrected chi connectivity index (χ3v) is 4.31. The highest BCUT2D eigenvalue weighted by Gasteiger charge is 2.33. The molecular weight excluding hydrogens is 314 g/mol. The van der Waals surface area contributed by atoms with Crippen molar-refractivity contribution in [2.45, 2.75) is 13.5 Å². The number of benzene rings is 2. The van der Waals surface area contributed by atoms with Gasteiger partial charge in [0.2, 0.25) is 0 Å². The van der Waals surface area contributed by atoms with Gasteiger partial charge in [0.05, 0.1) is 6.54 Å². The number of rotatable bonds is 3. The van der Waals surface area contributed by atoms with Crippen LogP contribution in [0.25, 0.3) is 17.0 Å². The number of hydrogen-bond acceptors (Lipinski definition) is 2. The summed E-state index contributed by atoms with van der Waals surface area (Å²) in [7, 11) is 0. The summed E-state index contributed by atoms with van der Waals surface area (Å²) in [6, 6.07) is 15.2. The highest BCUT2D eigenvalue weighted by atomic mass is 16.2. The number of aryl methyl sites for hydroxylation is 1. The molecule has 5 nitrogen and oxygen atoms in total. The zero-order valence-electron chi connectivity index (χ0n) is 13.7. The molecule has 2 heterocycles. The zero-order chi connectivity index (χ0) is 17.4. The van der Waals surface area contributed by atoms with Crippen LogP contribution in [0.15, 0.2) is 60.4 Å². The van der Waals surface area contributed by atoms with Crippen molar-refractivity contribution in [2.24, 2.45) is 0 Å². The molecule has 3 amide bonds. The van der Waals surface area contributed by atoms with Crippen LogP contribution in [0.4, 0.5) is 4.79 Å². The number of nitrogens with one attached hydrogen (secondary N) is 2. The molecule has 0 unspecified atom stereocenters. The Balaban J connectivity index is 1.62. The third kappa shape index (κ3) is 2.80. The predicted molar refractivity (Wildman–Crippen MR) is 96.5 cm³/mol. The molecule has 5 heteroatoms. The molecule has 0 saturated carbocycles. The van der Waals surface area contributed by atoms with Crippen molar-refractivity contribution >= 4 is 28.9 Å². The second-order valence-corrected chi connectivity index (χ2v) is 6.16. The van der Waals surface area contributed by atoms with Crippen LogP contribution in [-0.2, 0) is 11.3 Å². The largest absolute Gasteiger partial charge is 0.361 e. The summed E-state index contributed by atoms with van der Waals surface area (Å²) >= 11 is 0. The number of carbonyl (C=O) groups is 2. The first-order chi connectivity index (χ1) is 12.1. The highest BCUT2D eigenvalue weighted by Crippen LogP contribution is 2.22. The van der Waals surface area contributed by atoms with Gasteiger partial charge in [0.15, 0.2) is 0 Å². The van der Waals surface area contributed by atoms with E-state index in [1.54, 1.807) is 6.08 Å². The maximum absolute atomic E-state index is 12.6. The average Bonchev–Trinajstić information content (AvgIpc) is 3.12. The van der Waals surface area contributed by atoms with Gasteiger partial charge < -0.3 is 10.3 Å². The number of urea groups is 1. The fourth-order valence-corrected chi connectivity index (χ4v) is 3.08. The van der Waals surface area contributed by atoms with Crippen LogP contribution in [0, 0.1) is 6.92 Å². The second-order valence-electron chi connectivity index (χ2n) is 6.16. The van der Waals surface area contributed by atoms with E-state index in [-0.39, 0.29) is 12.5 Å². The van der Waals surface area contributed by atoms with E-state index in [9.17, 15) is 9.59 Å². The summed E-state index contributed by atoms with van der Waals surface area (Å²) in [6.45, 7) is 2.25. The topological polar surface area (TPSA) is 65.2 Å². The van der Waals surface area contributed by atoms with Crippen molar-refractivity contribution in [2.75, 3.05) is 0 Å². The fourth-order valence-electron chi connectivity index (χ4n) is 3.08. The normalized spacial score (nSPS) is 16.0. The quantitative estimate of drug-likeness (QED) is 0.569. The molecule has 0 spiro atoms. The van der Waals surface area contributed by atoms with E-state index < -0.39 is 6.03 Å². The summed E-state index contributed by atoms with van der Waals surface area (Å²) in [5.74, 6) is -0.309. The Morgan fingerprint density at radius 1 is 1.08 bits per heavy atom. The van der Waals surface area contributed by atoms with E-state index in [1.807, 2.05) is 61.7 Å². The van der Waals surface area contributed by atoms with Gasteiger partial charge in [0.25, 0.3) is 5.91 Å². The lowest BCUT2D eigenvalue weighted by molar-refractivity contribution is -0.123. The van der Waals surface area contributed by atoms with Crippen LogP contribution in [0.5, 0.6) is 0 Å². The van der Waals surface area contributed by atoms with Gasteiger partial charge in [-0.3, -0.25) is 9.69 Å². The third-order valence-electron chi connectivity index (χ3n) is 4.31. The number of para-hydroxylation sites is 1. The average molecular weight is 331 g/mol. The fraction of sp³-hybridized carbons (Fsp3) is 0.100. The first kappa shape index (κ1) is 15.2. The number of aromatic amines is 1. The number of H-pyrrole nitrogens is 1. The minimum absolute atomic E-state index is 0.261. The molecule has 124 valence electrons. The molecule has 0 bridgehead atoms. The summed E-state index contributed by atoms with van der Waals surface area (Å²) in [5, 5.41) is 3.68. The van der Waals surface area contributed by atoms with Crippen molar-refractivity contribution in [1.82, 2.24) is 15.2 Å². The molecule has 0 atom stereocenters. The standard InChI is InChI=1S/C20H17N3O2/c1-13-5-4-6-14(9-13)12-23-19(24)18(22-20(23)25)10-15-11-21-17-8-3-2-7-16(15)17/h2-11,21H,12H2,1H3,(H,22,25). The van der Waals surface area contributed by atoms with Gasteiger partial charge in [-0.05, 0) is 24.6 Å². The Hall–Kier alpha value is -3.34. The van der Waals surface area contributed by atoms with Gasteiger partial charge in [0.1, 0.15) is 5.70 Å². The number of fused-ring (bicyclic) bond motifs is 1. The molecule has 1 aliphatic rings. The van der Waals surface area contributed by atoms with Crippen LogP contribution in [0.1, 0.15) is 16.7 Å². The Kier molecular flexibility index (Phi) is 3.61. The van der Waals surface area contributed by atoms with E-state index in [1.165, 1.54) is 4.90 Å². The first-order valence-electron chi connectivity index (χ1n) is 8.08. The van der Waals surface area contributed by atoms with E-state index in [2.05, 4.69) is 10.3 Å². The minimum Gasteiger partial charge on any atom is -0.361 e. The predicted octanol–water partition coefficient (Wildman–Crippen LogP) is 3.57. The van der Waals surface area contributed by atoms with Crippen LogP contribution in [-0.4, -0.2) is 21.8 Å². The number of hydrogen-bond donors (Lipinski definition) is 2. The summed E-state index contributed by atoms with van der Waals surface area (Å²) in [4.78, 5) is 29.2. The van der Waals surface area contributed by atoms with Gasteiger partial charge in [-0.1, -0.05) is 48.0 Å². The van der Waals surface area contributed by atoms with Gasteiger partial charge in [-0.15, -0.1) is 0 Å². The van der Waals surface area contributed by atoms with Crippen LogP contribution >= 0.6 is 0 Å². The van der Waals surface area contributed by atoms with Gasteiger partial charge in [-0.2, -0.15) is 0 Å². The molecule has 25 heavy (non-hydrogen) atoms. The van der Waals surface area contributed by atoms with Gasteiger partial charge in [-0.25, -0.2) is 4.79 Å². The Labute approximate surface area is 145 Å². The van der Waals surface area contributed by atoms with Gasteiger partial charge in [0, 0.05) is 22.7 Å². The van der Waals surface area contributed by atoms with Crippen molar-refractivity contribution in [3.8, 4) is 0 Å². The van der Waals surface area contributed by atoms with Crippen LogP contribution in [0.2, 0.25) is 0 Å². The van der Waals surface area contributed by atoms with Crippen LogP contribution in [0.3, 0.4) is 0 Å². The van der Waals surface area contributed by atoms with E-state index in [0.717, 1.165) is 27.6 Å². The molecule has 3 aromatic rings. The lowest BCUT2D eigenvalue weighted by Crippen LogP contribution is -2.30. The first-order valence-corrected chi connectivity index (χ1v) is 8.08. The highest BCUT2D eigenvalue weighted by molar-refractivity contribution is 6.14. The molecular formula is C20H17N3O2. The maximum Gasteiger partial charge on any atom is 0.329 e. The summed E-state index contributed by atoms with van der Waals surface area (Å²) in [5.41, 5.74) is 4.18. The molecule has 1 aromatic heterocycles. The van der Waals surface area contributed by atoms with E-state index in [0.29, 0.717) is 5.70 Å². The number of imide groups is 1. The van der Waals surface area contributed by atoms with E-state index in [4.69, 9.17) is 0 Å². The van der Waals surface area contributed by atoms with E-state index >= 15 is 0 Å². The molecule has 4 rings (SSSR count). The summed E-state index contributed by atoms with van der Waals surface area (Å²) in [6.07, 6.45) is 3.55. The van der Waals surface area contributed by atoms with Crippen molar-refractivity contribution < 1.29 is 9.59 Å². The Morgan fingerprint density at radius 2 is 1.92 bits per heavy atom. The van der Waals surface area contributed by atoms with Crippen molar-refractivity contribution in [3.05, 3.63) is 77.1 Å². The van der Waals surface area contributed by atoms with Crippen molar-refractivity contribution in [1.29, 1.82) is 0 Å². The number of carbonyl (C=O) groups excluding carboxylic acids is 2. The number of aromatic nitrogens is 1. The minimum atomic E-state index is -0.391. The number of amides is 3. The Bertz CT molecular complexity index is 1020. The molecule has 0 aliphatic carbocycles. The van der Waals surface area contributed by atoms with Crippen molar-refractivity contribution in [3.63, 3.8) is 0 Å². The van der Waals surface area contributed by atoms with Crippen LogP contribution < -0.4 is 5.32 Å². The monoisotopic (exact) mass is 331 g/mol. The molecule has 1 aliphatic heterocycles. The molecule has 1 fully saturated rings. The molecule has 2 aromatic carbocycles. The molecule has 1 saturated heterocycles. The van der Waals surface area contributed by atoms with Gasteiger partial charge >= 0.3 is 6.03 Å². The summed E-state index contributed by atoms with van der Waals surface area (Å²) < 4.78 is 0. The molecule has 2 N–H and O–H groups in total. The smallest absolute Gasteiger partial charge is 0.329 e. The second kappa shape index (κ2) is 5.94. The lowest BCUT2D eigenvalue weighted by atomic mass is 10.1. The number of nitrogens with zero attached hydrogens (tertiary/aromatic N) is 1. The SMILES string of the molecule is Cc1cccc(CN2C(=O)NC(=Cc3c[nH]c4ccccc34)C2=O)c1. The zero-order valence-corrected chi connectivity index (χ0v) is 13.7. The Morgan fingerprint density at radius 3 is 2.76 bits per heavy atom. The molecule has 0 radical (unpaired) electrons.